The summed E-state index contributed by atoms with van der Waals surface area (Å²) in [6, 6.07) is 4.09. The second-order valence-electron chi connectivity index (χ2n) is 3.79. The average Bonchev–Trinajstić information content (AvgIpc) is 2.86. The molecule has 3 N–H and O–H groups in total. The van der Waals surface area contributed by atoms with Crippen LogP contribution in [0.3, 0.4) is 0 Å². The van der Waals surface area contributed by atoms with Gasteiger partial charge in [-0.05, 0) is 17.4 Å². The molecule has 0 aliphatic rings. The second-order valence-corrected chi connectivity index (χ2v) is 4.73. The molecule has 3 nitrogen and oxygen atoms in total. The summed E-state index contributed by atoms with van der Waals surface area (Å²) in [6.07, 6.45) is 0. The van der Waals surface area contributed by atoms with Gasteiger partial charge in [0.05, 0.1) is 16.3 Å². The Hall–Kier alpha value is -1.13. The van der Waals surface area contributed by atoms with Crippen LogP contribution in [0.2, 0.25) is 0 Å². The molecule has 2 aromatic rings. The summed E-state index contributed by atoms with van der Waals surface area (Å²) in [5, 5.41) is 2.05. The normalized spacial score (nSPS) is 11.2. The van der Waals surface area contributed by atoms with E-state index >= 15 is 0 Å². The Bertz CT molecular complexity index is 429. The van der Waals surface area contributed by atoms with Crippen LogP contribution in [0, 0.1) is 0 Å². The van der Waals surface area contributed by atoms with Crippen LogP contribution in [0.15, 0.2) is 17.5 Å². The topological polar surface area (TPSA) is 54.7 Å². The summed E-state index contributed by atoms with van der Waals surface area (Å²) in [5.74, 6) is 1.35. The number of hydrogen-bond donors (Lipinski definition) is 2. The Kier molecular flexibility index (Phi) is 2.88. The maximum Gasteiger partial charge on any atom is 0.147 e. The van der Waals surface area contributed by atoms with Crippen molar-refractivity contribution in [3.63, 3.8) is 0 Å². The lowest BCUT2D eigenvalue weighted by molar-refractivity contribution is 0.806. The Morgan fingerprint density at radius 3 is 2.80 bits per heavy atom. The van der Waals surface area contributed by atoms with E-state index in [0.29, 0.717) is 12.5 Å². The average molecular weight is 221 g/mol. The van der Waals surface area contributed by atoms with Gasteiger partial charge in [0.2, 0.25) is 0 Å². The third kappa shape index (κ3) is 1.96. The van der Waals surface area contributed by atoms with E-state index in [1.165, 1.54) is 0 Å². The molecule has 0 bridgehead atoms. The van der Waals surface area contributed by atoms with Crippen molar-refractivity contribution >= 4 is 11.3 Å². The summed E-state index contributed by atoms with van der Waals surface area (Å²) in [6.45, 7) is 4.78. The van der Waals surface area contributed by atoms with Crippen LogP contribution in [-0.2, 0) is 6.54 Å². The van der Waals surface area contributed by atoms with Crippen LogP contribution in [0.5, 0.6) is 0 Å². The first-order chi connectivity index (χ1) is 7.22. The van der Waals surface area contributed by atoms with Crippen LogP contribution in [0.25, 0.3) is 10.7 Å². The minimum absolute atomic E-state index is 0.411. The third-order valence-electron chi connectivity index (χ3n) is 2.32. The van der Waals surface area contributed by atoms with E-state index < -0.39 is 0 Å². The van der Waals surface area contributed by atoms with Crippen LogP contribution >= 0.6 is 11.3 Å². The van der Waals surface area contributed by atoms with E-state index in [-0.39, 0.29) is 0 Å². The number of rotatable bonds is 3. The molecule has 2 aromatic heterocycles. The van der Waals surface area contributed by atoms with Crippen molar-refractivity contribution in [2.45, 2.75) is 26.3 Å². The fourth-order valence-electron chi connectivity index (χ4n) is 1.59. The standard InChI is InChI=1S/C11H15N3S/c1-7(2)10-8(6-12)13-11(14-10)9-4-3-5-15-9/h3-5,7H,6,12H2,1-2H3,(H,13,14). The van der Waals surface area contributed by atoms with Crippen molar-refractivity contribution in [2.24, 2.45) is 5.73 Å². The number of aromatic amines is 1. The third-order valence-corrected chi connectivity index (χ3v) is 3.19. The van der Waals surface area contributed by atoms with Gasteiger partial charge >= 0.3 is 0 Å². The van der Waals surface area contributed by atoms with Gasteiger partial charge in [0, 0.05) is 6.54 Å². The van der Waals surface area contributed by atoms with Crippen molar-refractivity contribution in [2.75, 3.05) is 0 Å². The first-order valence-electron chi connectivity index (χ1n) is 5.05. The van der Waals surface area contributed by atoms with Gasteiger partial charge in [-0.3, -0.25) is 0 Å². The minimum Gasteiger partial charge on any atom is -0.340 e. The molecule has 0 aliphatic heterocycles. The molecule has 0 amide bonds. The maximum atomic E-state index is 5.69. The van der Waals surface area contributed by atoms with Gasteiger partial charge in [-0.1, -0.05) is 19.9 Å². The zero-order valence-corrected chi connectivity index (χ0v) is 9.77. The maximum absolute atomic E-state index is 5.69. The molecule has 0 spiro atoms. The van der Waals surface area contributed by atoms with E-state index in [4.69, 9.17) is 5.73 Å². The molecule has 0 aromatic carbocycles. The quantitative estimate of drug-likeness (QED) is 0.837. The summed E-state index contributed by atoms with van der Waals surface area (Å²) in [5.41, 5.74) is 7.82. The number of aromatic nitrogens is 2. The molecular weight excluding hydrogens is 206 g/mol. The smallest absolute Gasteiger partial charge is 0.147 e. The molecule has 4 heteroatoms. The van der Waals surface area contributed by atoms with Gasteiger partial charge in [0.15, 0.2) is 0 Å². The van der Waals surface area contributed by atoms with E-state index in [9.17, 15) is 0 Å². The SMILES string of the molecule is CC(C)c1nc(-c2cccs2)[nH]c1CN. The summed E-state index contributed by atoms with van der Waals surface area (Å²) in [7, 11) is 0. The largest absolute Gasteiger partial charge is 0.340 e. The van der Waals surface area contributed by atoms with Crippen molar-refractivity contribution in [3.8, 4) is 10.7 Å². The molecule has 0 fully saturated rings. The Morgan fingerprint density at radius 1 is 1.53 bits per heavy atom. The number of thiophene rings is 1. The molecule has 0 saturated heterocycles. The molecule has 2 heterocycles. The Labute approximate surface area is 93.4 Å². The predicted octanol–water partition coefficient (Wildman–Crippen LogP) is 2.72. The first-order valence-corrected chi connectivity index (χ1v) is 5.93. The molecule has 80 valence electrons. The fourth-order valence-corrected chi connectivity index (χ4v) is 2.26. The number of imidazole rings is 1. The fraction of sp³-hybridized carbons (Fsp3) is 0.364. The highest BCUT2D eigenvalue weighted by molar-refractivity contribution is 7.13. The lowest BCUT2D eigenvalue weighted by Crippen LogP contribution is -2.02. The zero-order valence-electron chi connectivity index (χ0n) is 8.95. The molecule has 0 aliphatic carbocycles. The van der Waals surface area contributed by atoms with Crippen LogP contribution in [0.1, 0.15) is 31.2 Å². The molecule has 0 saturated carbocycles. The van der Waals surface area contributed by atoms with Gasteiger partial charge in [-0.25, -0.2) is 4.98 Å². The lowest BCUT2D eigenvalue weighted by atomic mass is 10.1. The molecule has 15 heavy (non-hydrogen) atoms. The summed E-state index contributed by atoms with van der Waals surface area (Å²) in [4.78, 5) is 9.05. The van der Waals surface area contributed by atoms with Crippen molar-refractivity contribution in [3.05, 3.63) is 28.9 Å². The second kappa shape index (κ2) is 4.16. The van der Waals surface area contributed by atoms with E-state index in [1.54, 1.807) is 11.3 Å². The molecule has 2 rings (SSSR count). The van der Waals surface area contributed by atoms with Gasteiger partial charge in [-0.2, -0.15) is 0 Å². The Morgan fingerprint density at radius 2 is 2.33 bits per heavy atom. The number of nitrogens with two attached hydrogens (primary N) is 1. The zero-order chi connectivity index (χ0) is 10.8. The minimum atomic E-state index is 0.411. The van der Waals surface area contributed by atoms with Crippen molar-refractivity contribution < 1.29 is 0 Å². The Balaban J connectivity index is 2.43. The van der Waals surface area contributed by atoms with Gasteiger partial charge in [-0.15, -0.1) is 11.3 Å². The monoisotopic (exact) mass is 221 g/mol. The van der Waals surface area contributed by atoms with Gasteiger partial charge < -0.3 is 10.7 Å². The highest BCUT2D eigenvalue weighted by Crippen LogP contribution is 2.25. The van der Waals surface area contributed by atoms with E-state index in [1.807, 2.05) is 6.07 Å². The summed E-state index contributed by atoms with van der Waals surface area (Å²) < 4.78 is 0. The molecule has 0 unspecified atom stereocenters. The van der Waals surface area contributed by atoms with E-state index in [0.717, 1.165) is 22.1 Å². The van der Waals surface area contributed by atoms with Crippen LogP contribution in [0.4, 0.5) is 0 Å². The molecule has 0 atom stereocenters. The van der Waals surface area contributed by atoms with Gasteiger partial charge in [0.1, 0.15) is 5.82 Å². The number of hydrogen-bond acceptors (Lipinski definition) is 3. The highest BCUT2D eigenvalue weighted by Gasteiger charge is 2.13. The molecular formula is C11H15N3S. The summed E-state index contributed by atoms with van der Waals surface area (Å²) >= 11 is 1.69. The first kappa shape index (κ1) is 10.4. The molecule has 0 radical (unpaired) electrons. The lowest BCUT2D eigenvalue weighted by Gasteiger charge is -2.01. The van der Waals surface area contributed by atoms with Crippen molar-refractivity contribution in [1.82, 2.24) is 9.97 Å². The highest BCUT2D eigenvalue weighted by atomic mass is 32.1. The predicted molar refractivity (Wildman–Crippen MR) is 63.9 cm³/mol. The van der Waals surface area contributed by atoms with Crippen LogP contribution in [-0.4, -0.2) is 9.97 Å². The number of nitrogens with zero attached hydrogens (tertiary/aromatic N) is 1. The van der Waals surface area contributed by atoms with Crippen LogP contribution < -0.4 is 5.73 Å². The van der Waals surface area contributed by atoms with E-state index in [2.05, 4.69) is 35.3 Å². The van der Waals surface area contributed by atoms with Crippen molar-refractivity contribution in [1.29, 1.82) is 0 Å². The number of H-pyrrole nitrogens is 1. The number of nitrogens with one attached hydrogen (secondary N) is 1. The van der Waals surface area contributed by atoms with Gasteiger partial charge in [0.25, 0.3) is 0 Å².